The van der Waals surface area contributed by atoms with Gasteiger partial charge < -0.3 is 24.8 Å². The summed E-state index contributed by atoms with van der Waals surface area (Å²) in [5.74, 6) is 1.21. The molecule has 1 fully saturated rings. The molecular weight excluding hydrogens is 523 g/mol. The number of anilines is 1. The van der Waals surface area contributed by atoms with Gasteiger partial charge in [0.05, 0.1) is 60.6 Å². The number of hydrogen-bond donors (Lipinski definition) is 2. The van der Waals surface area contributed by atoms with Crippen molar-refractivity contribution in [1.82, 2.24) is 14.9 Å². The molecule has 39 heavy (non-hydrogen) atoms. The van der Waals surface area contributed by atoms with Crippen LogP contribution in [0.3, 0.4) is 0 Å². The quantitative estimate of drug-likeness (QED) is 0.314. The molecule has 1 amide bonds. The number of amides is 1. The Morgan fingerprint density at radius 2 is 1.90 bits per heavy atom. The maximum Gasteiger partial charge on any atom is 0.407 e. The van der Waals surface area contributed by atoms with Gasteiger partial charge in [-0.25, -0.2) is 19.2 Å². The van der Waals surface area contributed by atoms with E-state index < -0.39 is 31.0 Å². The third-order valence-corrected chi connectivity index (χ3v) is 7.29. The lowest BCUT2D eigenvalue weighted by Crippen LogP contribution is -2.45. The van der Waals surface area contributed by atoms with E-state index in [4.69, 9.17) is 31.0 Å². The Bertz CT molecular complexity index is 1280. The van der Waals surface area contributed by atoms with Gasteiger partial charge in [-0.15, -0.1) is 0 Å². The second-order valence-corrected chi connectivity index (χ2v) is 9.73. The minimum atomic E-state index is -1.05. The fourth-order valence-corrected chi connectivity index (χ4v) is 5.30. The van der Waals surface area contributed by atoms with Gasteiger partial charge in [0.15, 0.2) is 0 Å². The molecule has 208 valence electrons. The van der Waals surface area contributed by atoms with Crippen molar-refractivity contribution in [3.63, 3.8) is 0 Å². The average Bonchev–Trinajstić information content (AvgIpc) is 3.28. The fourth-order valence-electron chi connectivity index (χ4n) is 5.04. The normalized spacial score (nSPS) is 18.8. The second kappa shape index (κ2) is 13.1. The topological polar surface area (TPSA) is 96.8 Å². The van der Waals surface area contributed by atoms with Gasteiger partial charge in [-0.05, 0) is 43.0 Å². The van der Waals surface area contributed by atoms with Gasteiger partial charge in [0.2, 0.25) is 0 Å². The molecule has 1 aliphatic rings. The average molecular weight is 557 g/mol. The Kier molecular flexibility index (Phi) is 9.59. The molecule has 10 heteroatoms. The van der Waals surface area contributed by atoms with Crippen LogP contribution in [-0.2, 0) is 24.0 Å². The number of benzene rings is 2. The SMILES string of the molecule is CCc1nc(-c2ccc(OC)cc2Cl)c(CC)nc1N[C@@H]1C(Cc2ccccc2)N(C(=O)O)C[C@@H]1OCCF. The Balaban J connectivity index is 1.74. The number of likely N-dealkylation sites (tertiary alicyclic amines) is 1. The molecule has 0 saturated carbocycles. The third kappa shape index (κ3) is 6.42. The summed E-state index contributed by atoms with van der Waals surface area (Å²) < 4.78 is 24.2. The van der Waals surface area contributed by atoms with E-state index in [0.717, 1.165) is 16.8 Å². The van der Waals surface area contributed by atoms with Gasteiger partial charge in [-0.2, -0.15) is 0 Å². The van der Waals surface area contributed by atoms with Crippen LogP contribution in [0.1, 0.15) is 30.8 Å². The van der Waals surface area contributed by atoms with E-state index in [2.05, 4.69) is 5.32 Å². The molecule has 1 aliphatic heterocycles. The second-order valence-electron chi connectivity index (χ2n) is 9.33. The van der Waals surface area contributed by atoms with Crippen LogP contribution < -0.4 is 10.1 Å². The molecule has 2 aromatic carbocycles. The number of ether oxygens (including phenoxy) is 2. The lowest BCUT2D eigenvalue weighted by Gasteiger charge is -2.29. The summed E-state index contributed by atoms with van der Waals surface area (Å²) in [6, 6.07) is 14.2. The molecule has 2 N–H and O–H groups in total. The first kappa shape index (κ1) is 28.6. The van der Waals surface area contributed by atoms with Gasteiger partial charge in [-0.3, -0.25) is 0 Å². The van der Waals surface area contributed by atoms with E-state index in [1.807, 2.05) is 56.3 Å². The summed E-state index contributed by atoms with van der Waals surface area (Å²) in [6.07, 6.45) is 0.0433. The molecular formula is C29H34ClFN4O4. The summed E-state index contributed by atoms with van der Waals surface area (Å²) in [4.78, 5) is 23.5. The molecule has 3 atom stereocenters. The maximum atomic E-state index is 13.1. The monoisotopic (exact) mass is 556 g/mol. The largest absolute Gasteiger partial charge is 0.497 e. The molecule has 4 rings (SSSR count). The highest BCUT2D eigenvalue weighted by Gasteiger charge is 2.45. The predicted octanol–water partition coefficient (Wildman–Crippen LogP) is 5.67. The van der Waals surface area contributed by atoms with E-state index in [1.165, 1.54) is 4.90 Å². The Hall–Kier alpha value is -3.43. The zero-order valence-electron chi connectivity index (χ0n) is 22.4. The molecule has 0 bridgehead atoms. The van der Waals surface area contributed by atoms with E-state index in [-0.39, 0.29) is 13.2 Å². The van der Waals surface area contributed by atoms with Crippen molar-refractivity contribution in [2.24, 2.45) is 0 Å². The number of methoxy groups -OCH3 is 1. The number of carbonyl (C=O) groups is 1. The summed E-state index contributed by atoms with van der Waals surface area (Å²) >= 11 is 6.58. The minimum absolute atomic E-state index is 0.115. The smallest absolute Gasteiger partial charge is 0.407 e. The Morgan fingerprint density at radius 3 is 2.51 bits per heavy atom. The van der Waals surface area contributed by atoms with Crippen LogP contribution >= 0.6 is 11.6 Å². The van der Waals surface area contributed by atoms with Crippen LogP contribution in [0.5, 0.6) is 5.75 Å². The number of nitrogens with one attached hydrogen (secondary N) is 1. The molecule has 0 spiro atoms. The molecule has 1 aromatic heterocycles. The highest BCUT2D eigenvalue weighted by Crippen LogP contribution is 2.34. The third-order valence-electron chi connectivity index (χ3n) is 6.98. The zero-order valence-corrected chi connectivity index (χ0v) is 23.1. The summed E-state index contributed by atoms with van der Waals surface area (Å²) in [7, 11) is 1.59. The molecule has 3 aromatic rings. The van der Waals surface area contributed by atoms with Crippen molar-refractivity contribution in [1.29, 1.82) is 0 Å². The highest BCUT2D eigenvalue weighted by molar-refractivity contribution is 6.33. The number of nitrogens with zero attached hydrogens (tertiary/aromatic N) is 3. The number of aromatic nitrogens is 2. The molecule has 2 heterocycles. The van der Waals surface area contributed by atoms with E-state index in [0.29, 0.717) is 47.2 Å². The first-order valence-electron chi connectivity index (χ1n) is 13.1. The lowest BCUT2D eigenvalue weighted by molar-refractivity contribution is 0.0450. The number of halogens is 2. The number of aryl methyl sites for hydroxylation is 2. The van der Waals surface area contributed by atoms with Crippen LogP contribution in [-0.4, -0.2) is 71.2 Å². The first-order chi connectivity index (χ1) is 18.9. The van der Waals surface area contributed by atoms with Crippen LogP contribution in [0.2, 0.25) is 5.02 Å². The van der Waals surface area contributed by atoms with E-state index in [1.54, 1.807) is 13.2 Å². The lowest BCUT2D eigenvalue weighted by atomic mass is 9.98. The number of rotatable bonds is 11. The molecule has 1 saturated heterocycles. The maximum absolute atomic E-state index is 13.1. The summed E-state index contributed by atoms with van der Waals surface area (Å²) in [5.41, 5.74) is 3.90. The van der Waals surface area contributed by atoms with Crippen molar-refractivity contribution in [2.75, 3.05) is 32.3 Å². The van der Waals surface area contributed by atoms with Crippen LogP contribution in [0, 0.1) is 0 Å². The fraction of sp³-hybridized carbons (Fsp3) is 0.414. The first-order valence-corrected chi connectivity index (χ1v) is 13.5. The van der Waals surface area contributed by atoms with Crippen LogP contribution in [0.15, 0.2) is 48.5 Å². The molecule has 0 aliphatic carbocycles. The van der Waals surface area contributed by atoms with Crippen molar-refractivity contribution in [3.05, 3.63) is 70.5 Å². The highest BCUT2D eigenvalue weighted by atomic mass is 35.5. The minimum Gasteiger partial charge on any atom is -0.497 e. The predicted molar refractivity (Wildman–Crippen MR) is 150 cm³/mol. The summed E-state index contributed by atoms with van der Waals surface area (Å²) in [6.45, 7) is 3.33. The van der Waals surface area contributed by atoms with Gasteiger partial charge in [-0.1, -0.05) is 55.8 Å². The van der Waals surface area contributed by atoms with Gasteiger partial charge in [0, 0.05) is 5.56 Å². The zero-order chi connectivity index (χ0) is 27.9. The van der Waals surface area contributed by atoms with Gasteiger partial charge in [0.1, 0.15) is 18.2 Å². The number of alkyl halides is 1. The van der Waals surface area contributed by atoms with Crippen LogP contribution in [0.4, 0.5) is 15.0 Å². The summed E-state index contributed by atoms with van der Waals surface area (Å²) in [5, 5.41) is 14.0. The number of carboxylic acid groups (broad SMARTS) is 1. The van der Waals surface area contributed by atoms with Crippen molar-refractivity contribution >= 4 is 23.5 Å². The van der Waals surface area contributed by atoms with Gasteiger partial charge >= 0.3 is 6.09 Å². The Morgan fingerprint density at radius 1 is 1.15 bits per heavy atom. The molecule has 1 unspecified atom stereocenters. The van der Waals surface area contributed by atoms with Crippen LogP contribution in [0.25, 0.3) is 11.3 Å². The molecule has 8 nitrogen and oxygen atoms in total. The van der Waals surface area contributed by atoms with E-state index in [9.17, 15) is 14.3 Å². The standard InChI is InChI=1S/C29H34ClFN4O4/c1-4-22-26(20-12-11-19(38-3)16-21(20)30)32-23(5-2)28(33-22)34-27-24(15-18-9-7-6-8-10-18)35(29(36)37)17-25(27)39-14-13-31/h6-12,16,24-25,27H,4-5,13-15,17H2,1-3H3,(H,33,34)(H,36,37)/t24?,25-,27+/m0/s1. The molecule has 0 radical (unpaired) electrons. The van der Waals surface area contributed by atoms with Crippen molar-refractivity contribution < 1.29 is 23.8 Å². The van der Waals surface area contributed by atoms with Crippen molar-refractivity contribution in [2.45, 2.75) is 51.3 Å². The number of hydrogen-bond acceptors (Lipinski definition) is 6. The van der Waals surface area contributed by atoms with E-state index >= 15 is 0 Å². The van der Waals surface area contributed by atoms with Gasteiger partial charge in [0.25, 0.3) is 0 Å². The van der Waals surface area contributed by atoms with Crippen molar-refractivity contribution in [3.8, 4) is 17.0 Å². The Labute approximate surface area is 233 Å².